The van der Waals surface area contributed by atoms with Crippen molar-refractivity contribution in [3.05, 3.63) is 0 Å². The third-order valence-electron chi connectivity index (χ3n) is 2.73. The lowest BCUT2D eigenvalue weighted by atomic mass is 9.92. The van der Waals surface area contributed by atoms with Gasteiger partial charge in [0.1, 0.15) is 5.60 Å². The van der Waals surface area contributed by atoms with Crippen molar-refractivity contribution in [1.29, 1.82) is 0 Å². The first-order valence-electron chi connectivity index (χ1n) is 5.85. The Morgan fingerprint density at radius 3 is 2.29 bits per heavy atom. The number of carbonyl (C=O) groups is 1. The Hall–Kier alpha value is -0.780. The number of sulfone groups is 1. The van der Waals surface area contributed by atoms with Crippen molar-refractivity contribution in [3.63, 3.8) is 0 Å². The molecule has 1 N–H and O–H groups in total. The summed E-state index contributed by atoms with van der Waals surface area (Å²) in [5.74, 6) is 0.164. The Balaban J connectivity index is 2.33. The molecule has 0 aromatic heterocycles. The number of alkyl carbamates (subject to hydrolysis) is 1. The third-order valence-corrected chi connectivity index (χ3v) is 4.93. The number of hydrogen-bond acceptors (Lipinski definition) is 4. The number of carbonyl (C=O) groups excluding carboxylic acids is 1. The largest absolute Gasteiger partial charge is 0.444 e. The van der Waals surface area contributed by atoms with Crippen LogP contribution in [0.4, 0.5) is 4.79 Å². The molecule has 1 saturated carbocycles. The first-order valence-corrected chi connectivity index (χ1v) is 7.56. The molecule has 0 heterocycles. The molecule has 1 rings (SSSR count). The average molecular weight is 263 g/mol. The second-order valence-corrected chi connectivity index (χ2v) is 7.96. The number of ether oxygens (including phenoxy) is 1. The second kappa shape index (κ2) is 4.84. The molecule has 0 aliphatic heterocycles. The zero-order valence-electron chi connectivity index (χ0n) is 10.8. The van der Waals surface area contributed by atoms with E-state index >= 15 is 0 Å². The SMILES string of the molecule is CCS(=O)(=O)[C@H]1C[C@@H](NC(=O)OC(C)(C)C)C1. The summed E-state index contributed by atoms with van der Waals surface area (Å²) >= 11 is 0. The maximum atomic E-state index is 11.5. The van der Waals surface area contributed by atoms with Crippen molar-refractivity contribution >= 4 is 15.9 Å². The van der Waals surface area contributed by atoms with Gasteiger partial charge in [-0.25, -0.2) is 13.2 Å². The maximum absolute atomic E-state index is 11.5. The first-order chi connectivity index (χ1) is 7.64. The summed E-state index contributed by atoms with van der Waals surface area (Å²) in [5, 5.41) is 2.37. The van der Waals surface area contributed by atoms with Crippen LogP contribution in [0.25, 0.3) is 0 Å². The highest BCUT2D eigenvalue weighted by Gasteiger charge is 2.38. The summed E-state index contributed by atoms with van der Waals surface area (Å²) in [7, 11) is -2.96. The van der Waals surface area contributed by atoms with Crippen molar-refractivity contribution in [3.8, 4) is 0 Å². The van der Waals surface area contributed by atoms with Gasteiger partial charge in [0.05, 0.1) is 5.25 Å². The fraction of sp³-hybridized carbons (Fsp3) is 0.909. The first kappa shape index (κ1) is 14.3. The van der Waals surface area contributed by atoms with Crippen molar-refractivity contribution in [1.82, 2.24) is 5.32 Å². The summed E-state index contributed by atoms with van der Waals surface area (Å²) in [6, 6.07) is -0.0730. The Kier molecular flexibility index (Phi) is 4.06. The lowest BCUT2D eigenvalue weighted by molar-refractivity contribution is 0.0481. The molecule has 17 heavy (non-hydrogen) atoms. The van der Waals surface area contributed by atoms with Crippen LogP contribution in [0.15, 0.2) is 0 Å². The lowest BCUT2D eigenvalue weighted by Crippen LogP contribution is -2.51. The fourth-order valence-corrected chi connectivity index (χ4v) is 3.21. The Labute approximate surface area is 103 Å². The highest BCUT2D eigenvalue weighted by molar-refractivity contribution is 7.92. The van der Waals surface area contributed by atoms with Gasteiger partial charge in [0.25, 0.3) is 0 Å². The van der Waals surface area contributed by atoms with Gasteiger partial charge in [-0.15, -0.1) is 0 Å². The zero-order valence-corrected chi connectivity index (χ0v) is 11.6. The molecule has 0 atom stereocenters. The normalized spacial score (nSPS) is 24.9. The predicted molar refractivity (Wildman–Crippen MR) is 65.6 cm³/mol. The van der Waals surface area contributed by atoms with Crippen LogP contribution in [0, 0.1) is 0 Å². The number of amides is 1. The van der Waals surface area contributed by atoms with Gasteiger partial charge in [0, 0.05) is 11.8 Å². The van der Waals surface area contributed by atoms with Gasteiger partial charge in [-0.05, 0) is 33.6 Å². The van der Waals surface area contributed by atoms with Gasteiger partial charge in [-0.1, -0.05) is 6.92 Å². The van der Waals surface area contributed by atoms with Gasteiger partial charge >= 0.3 is 6.09 Å². The van der Waals surface area contributed by atoms with Gasteiger partial charge in [0.2, 0.25) is 0 Å². The van der Waals surface area contributed by atoms with E-state index in [2.05, 4.69) is 5.32 Å². The Morgan fingerprint density at radius 2 is 1.88 bits per heavy atom. The quantitative estimate of drug-likeness (QED) is 0.837. The Bertz CT molecular complexity index is 377. The van der Waals surface area contributed by atoms with Crippen LogP contribution in [-0.2, 0) is 14.6 Å². The Morgan fingerprint density at radius 1 is 1.35 bits per heavy atom. The van der Waals surface area contributed by atoms with E-state index in [1.54, 1.807) is 27.7 Å². The monoisotopic (exact) mass is 263 g/mol. The van der Waals surface area contributed by atoms with Crippen molar-refractivity contribution < 1.29 is 17.9 Å². The molecular formula is C11H21NO4S. The van der Waals surface area contributed by atoms with Gasteiger partial charge < -0.3 is 10.1 Å². The molecule has 1 fully saturated rings. The molecule has 1 aliphatic rings. The van der Waals surface area contributed by atoms with Crippen LogP contribution >= 0.6 is 0 Å². The van der Waals surface area contributed by atoms with Crippen LogP contribution < -0.4 is 5.32 Å². The topological polar surface area (TPSA) is 72.5 Å². The van der Waals surface area contributed by atoms with E-state index in [9.17, 15) is 13.2 Å². The van der Waals surface area contributed by atoms with Gasteiger partial charge in [0.15, 0.2) is 9.84 Å². The second-order valence-electron chi connectivity index (χ2n) is 5.39. The maximum Gasteiger partial charge on any atom is 0.407 e. The van der Waals surface area contributed by atoms with E-state index in [1.807, 2.05) is 0 Å². The summed E-state index contributed by atoms with van der Waals surface area (Å²) < 4.78 is 28.1. The molecule has 0 spiro atoms. The van der Waals surface area contributed by atoms with Gasteiger partial charge in [-0.2, -0.15) is 0 Å². The minimum Gasteiger partial charge on any atom is -0.444 e. The molecule has 0 bridgehead atoms. The van der Waals surface area contributed by atoms with Crippen molar-refractivity contribution in [2.24, 2.45) is 0 Å². The van der Waals surface area contributed by atoms with Crippen LogP contribution in [0.2, 0.25) is 0 Å². The zero-order chi connectivity index (χ0) is 13.3. The molecule has 0 aromatic rings. The minimum atomic E-state index is -2.96. The van der Waals surface area contributed by atoms with Gasteiger partial charge in [-0.3, -0.25) is 0 Å². The molecule has 1 amide bonds. The third kappa shape index (κ3) is 4.18. The predicted octanol–water partition coefficient (Wildman–Crippen LogP) is 1.48. The fourth-order valence-electron chi connectivity index (χ4n) is 1.69. The van der Waals surface area contributed by atoms with E-state index in [4.69, 9.17) is 4.74 Å². The number of nitrogens with one attached hydrogen (secondary N) is 1. The molecule has 5 nitrogen and oxygen atoms in total. The molecule has 6 heteroatoms. The number of rotatable bonds is 3. The highest BCUT2D eigenvalue weighted by atomic mass is 32.2. The van der Waals surface area contributed by atoms with Crippen molar-refractivity contribution in [2.75, 3.05) is 5.75 Å². The smallest absolute Gasteiger partial charge is 0.407 e. The highest BCUT2D eigenvalue weighted by Crippen LogP contribution is 2.27. The van der Waals surface area contributed by atoms with Crippen LogP contribution in [0.3, 0.4) is 0 Å². The summed E-state index contributed by atoms with van der Waals surface area (Å²) in [6.45, 7) is 7.01. The lowest BCUT2D eigenvalue weighted by Gasteiger charge is -2.35. The summed E-state index contributed by atoms with van der Waals surface area (Å²) in [6.07, 6.45) is 0.514. The van der Waals surface area contributed by atoms with E-state index in [0.717, 1.165) is 0 Å². The molecular weight excluding hydrogens is 242 g/mol. The van der Waals surface area contributed by atoms with Crippen LogP contribution in [-0.4, -0.2) is 37.2 Å². The molecule has 0 saturated heterocycles. The van der Waals surface area contributed by atoms with E-state index in [1.165, 1.54) is 0 Å². The molecule has 0 radical (unpaired) electrons. The minimum absolute atomic E-state index is 0.0730. The van der Waals surface area contributed by atoms with Crippen LogP contribution in [0.5, 0.6) is 0 Å². The average Bonchev–Trinajstić information content (AvgIpc) is 2.07. The van der Waals surface area contributed by atoms with E-state index in [0.29, 0.717) is 12.8 Å². The molecule has 0 unspecified atom stereocenters. The molecule has 1 aliphatic carbocycles. The van der Waals surface area contributed by atoms with Crippen LogP contribution in [0.1, 0.15) is 40.5 Å². The number of hydrogen-bond donors (Lipinski definition) is 1. The van der Waals surface area contributed by atoms with E-state index < -0.39 is 21.5 Å². The molecule has 0 aromatic carbocycles. The van der Waals surface area contributed by atoms with Crippen molar-refractivity contribution in [2.45, 2.75) is 57.4 Å². The standard InChI is InChI=1S/C11H21NO4S/c1-5-17(14,15)9-6-8(7-9)12-10(13)16-11(2,3)4/h8-9H,5-7H2,1-4H3,(H,12,13)/t8-,9+. The summed E-state index contributed by atoms with van der Waals surface area (Å²) in [4.78, 5) is 11.4. The summed E-state index contributed by atoms with van der Waals surface area (Å²) in [5.41, 5.74) is -0.525. The van der Waals surface area contributed by atoms with E-state index in [-0.39, 0.29) is 17.0 Å². The molecule has 100 valence electrons.